The van der Waals surface area contributed by atoms with Gasteiger partial charge in [-0.3, -0.25) is 9.59 Å². The summed E-state index contributed by atoms with van der Waals surface area (Å²) in [4.78, 5) is 36.6. The van der Waals surface area contributed by atoms with E-state index in [1.165, 1.54) is 0 Å². The molecule has 2 rings (SSSR count). The normalized spacial score (nSPS) is 12.3. The number of nitrogens with zero attached hydrogens (tertiary/aromatic N) is 2. The van der Waals surface area contributed by atoms with E-state index in [9.17, 15) is 9.59 Å². The van der Waals surface area contributed by atoms with Gasteiger partial charge in [-0.25, -0.2) is 9.97 Å². The summed E-state index contributed by atoms with van der Waals surface area (Å²) in [6, 6.07) is -1.61. The predicted molar refractivity (Wildman–Crippen MR) is 72.0 cm³/mol. The molecule has 0 radical (unpaired) electrons. The fourth-order valence-corrected chi connectivity index (χ4v) is 1.78. The van der Waals surface area contributed by atoms with Crippen molar-refractivity contribution < 1.29 is 14.7 Å². The topological polar surface area (TPSA) is 150 Å². The summed E-state index contributed by atoms with van der Waals surface area (Å²) in [5.41, 5.74) is 5.37. The van der Waals surface area contributed by atoms with Crippen LogP contribution < -0.4 is 11.1 Å². The number of rotatable bonds is 7. The molecular formula is C12H16N6O3. The third-order valence-electron chi connectivity index (χ3n) is 2.89. The first-order valence-electron chi connectivity index (χ1n) is 6.34. The van der Waals surface area contributed by atoms with Gasteiger partial charge in [-0.15, -0.1) is 0 Å². The number of hydrogen-bond acceptors (Lipinski definition) is 5. The number of hydrogen-bond donors (Lipinski definition) is 5. The van der Waals surface area contributed by atoms with Crippen LogP contribution >= 0.6 is 0 Å². The Balaban J connectivity index is 2.00. The third kappa shape index (κ3) is 3.89. The Hall–Kier alpha value is -2.68. The van der Waals surface area contributed by atoms with E-state index >= 15 is 0 Å². The van der Waals surface area contributed by atoms with Crippen molar-refractivity contribution in [2.24, 2.45) is 5.73 Å². The smallest absolute Gasteiger partial charge is 0.320 e. The van der Waals surface area contributed by atoms with Gasteiger partial charge in [-0.05, 0) is 6.42 Å². The Morgan fingerprint density at radius 2 is 1.81 bits per heavy atom. The number of imidazole rings is 2. The minimum absolute atomic E-state index is 0.00534. The van der Waals surface area contributed by atoms with Crippen molar-refractivity contribution in [3.63, 3.8) is 0 Å². The molecule has 0 bridgehead atoms. The van der Waals surface area contributed by atoms with Crippen LogP contribution in [0.25, 0.3) is 0 Å². The van der Waals surface area contributed by atoms with Gasteiger partial charge in [0.05, 0.1) is 0 Å². The fraction of sp³-hybridized carbons (Fsp3) is 0.333. The lowest BCUT2D eigenvalue weighted by Gasteiger charge is -2.15. The summed E-state index contributed by atoms with van der Waals surface area (Å²) in [5.74, 6) is -0.400. The standard InChI is InChI=1S/C12H16N6O3/c13-7(12(20)21)1-2-8(19)18-9(10-14-3-4-15-10)11-16-5-6-17-11/h3-7,9H,1-2,13H2,(H,14,15)(H,16,17)(H,18,19)(H,20,21)/t7-/m0/s1. The average Bonchev–Trinajstić information content (AvgIpc) is 3.14. The number of nitrogens with one attached hydrogen (secondary N) is 3. The molecule has 0 aliphatic rings. The molecule has 0 aliphatic heterocycles. The molecule has 0 aliphatic carbocycles. The van der Waals surface area contributed by atoms with Crippen molar-refractivity contribution in [2.45, 2.75) is 24.9 Å². The van der Waals surface area contributed by atoms with Gasteiger partial charge in [0, 0.05) is 31.2 Å². The SMILES string of the molecule is N[C@@H](CCC(=O)NC(c1ncc[nH]1)c1ncc[nH]1)C(=O)O. The molecule has 0 fully saturated rings. The average molecular weight is 292 g/mol. The number of carbonyl (C=O) groups excluding carboxylic acids is 1. The van der Waals surface area contributed by atoms with Crippen molar-refractivity contribution in [1.29, 1.82) is 0 Å². The van der Waals surface area contributed by atoms with Crippen LogP contribution in [0, 0.1) is 0 Å². The molecule has 2 heterocycles. The number of nitrogens with two attached hydrogens (primary N) is 1. The van der Waals surface area contributed by atoms with E-state index < -0.39 is 18.1 Å². The van der Waals surface area contributed by atoms with Crippen LogP contribution in [0.2, 0.25) is 0 Å². The highest BCUT2D eigenvalue weighted by atomic mass is 16.4. The van der Waals surface area contributed by atoms with Crippen molar-refractivity contribution in [1.82, 2.24) is 25.3 Å². The molecule has 2 aromatic rings. The van der Waals surface area contributed by atoms with Gasteiger partial charge in [0.2, 0.25) is 5.91 Å². The molecular weight excluding hydrogens is 276 g/mol. The Bertz CT molecular complexity index is 546. The summed E-state index contributed by atoms with van der Waals surface area (Å²) >= 11 is 0. The Morgan fingerprint density at radius 3 is 2.24 bits per heavy atom. The van der Waals surface area contributed by atoms with E-state index in [2.05, 4.69) is 25.3 Å². The van der Waals surface area contributed by atoms with Gasteiger partial charge in [0.15, 0.2) is 0 Å². The summed E-state index contributed by atoms with van der Waals surface area (Å²) in [5, 5.41) is 11.4. The van der Waals surface area contributed by atoms with E-state index in [0.29, 0.717) is 11.6 Å². The second-order valence-electron chi connectivity index (χ2n) is 4.43. The molecule has 112 valence electrons. The number of H-pyrrole nitrogens is 2. The molecule has 6 N–H and O–H groups in total. The minimum atomic E-state index is -1.13. The Morgan fingerprint density at radius 1 is 1.24 bits per heavy atom. The van der Waals surface area contributed by atoms with E-state index in [4.69, 9.17) is 10.8 Å². The number of aromatic amines is 2. The number of carboxylic acids is 1. The third-order valence-corrected chi connectivity index (χ3v) is 2.89. The Kier molecular flexibility index (Phi) is 4.67. The summed E-state index contributed by atoms with van der Waals surface area (Å²) in [6.45, 7) is 0. The lowest BCUT2D eigenvalue weighted by atomic mass is 10.1. The highest BCUT2D eigenvalue weighted by Crippen LogP contribution is 2.15. The van der Waals surface area contributed by atoms with Gasteiger partial charge in [0.1, 0.15) is 23.7 Å². The van der Waals surface area contributed by atoms with Gasteiger partial charge < -0.3 is 26.1 Å². The highest BCUT2D eigenvalue weighted by molar-refractivity contribution is 5.78. The monoisotopic (exact) mass is 292 g/mol. The van der Waals surface area contributed by atoms with Crippen LogP contribution in [0.3, 0.4) is 0 Å². The molecule has 0 unspecified atom stereocenters. The lowest BCUT2D eigenvalue weighted by Crippen LogP contribution is -2.34. The maximum atomic E-state index is 11.9. The van der Waals surface area contributed by atoms with Gasteiger partial charge >= 0.3 is 5.97 Å². The molecule has 0 saturated heterocycles. The fourth-order valence-electron chi connectivity index (χ4n) is 1.78. The van der Waals surface area contributed by atoms with Crippen LogP contribution in [0.5, 0.6) is 0 Å². The van der Waals surface area contributed by atoms with Crippen molar-refractivity contribution in [3.8, 4) is 0 Å². The summed E-state index contributed by atoms with van der Waals surface area (Å²) in [6.07, 6.45) is 6.47. The number of carboxylic acid groups (broad SMARTS) is 1. The molecule has 9 heteroatoms. The second kappa shape index (κ2) is 6.66. The number of aromatic nitrogens is 4. The first-order chi connectivity index (χ1) is 10.1. The minimum Gasteiger partial charge on any atom is -0.480 e. The molecule has 0 aromatic carbocycles. The van der Waals surface area contributed by atoms with Crippen molar-refractivity contribution >= 4 is 11.9 Å². The molecule has 21 heavy (non-hydrogen) atoms. The number of carbonyl (C=O) groups is 2. The molecule has 0 spiro atoms. The zero-order valence-electron chi connectivity index (χ0n) is 11.1. The number of aliphatic carboxylic acids is 1. The molecule has 9 nitrogen and oxygen atoms in total. The number of amides is 1. The van der Waals surface area contributed by atoms with Crippen LogP contribution in [-0.4, -0.2) is 43.0 Å². The van der Waals surface area contributed by atoms with E-state index in [0.717, 1.165) is 0 Å². The zero-order chi connectivity index (χ0) is 15.2. The first kappa shape index (κ1) is 14.7. The van der Waals surface area contributed by atoms with Crippen LogP contribution in [0.15, 0.2) is 24.8 Å². The van der Waals surface area contributed by atoms with Gasteiger partial charge in [-0.1, -0.05) is 0 Å². The molecule has 1 atom stereocenters. The first-order valence-corrected chi connectivity index (χ1v) is 6.34. The highest BCUT2D eigenvalue weighted by Gasteiger charge is 2.22. The van der Waals surface area contributed by atoms with Crippen molar-refractivity contribution in [2.75, 3.05) is 0 Å². The maximum Gasteiger partial charge on any atom is 0.320 e. The van der Waals surface area contributed by atoms with Crippen LogP contribution in [-0.2, 0) is 9.59 Å². The zero-order valence-corrected chi connectivity index (χ0v) is 11.1. The summed E-state index contributed by atoms with van der Waals surface area (Å²) in [7, 11) is 0. The van der Waals surface area contributed by atoms with Crippen molar-refractivity contribution in [3.05, 3.63) is 36.4 Å². The summed E-state index contributed by atoms with van der Waals surface area (Å²) < 4.78 is 0. The Labute approximate surface area is 120 Å². The van der Waals surface area contributed by atoms with E-state index in [1.54, 1.807) is 24.8 Å². The van der Waals surface area contributed by atoms with Crippen LogP contribution in [0.4, 0.5) is 0 Å². The second-order valence-corrected chi connectivity index (χ2v) is 4.43. The van der Waals surface area contributed by atoms with E-state index in [-0.39, 0.29) is 18.7 Å². The quantitative estimate of drug-likeness (QED) is 0.465. The molecule has 0 saturated carbocycles. The predicted octanol–water partition coefficient (Wildman–Crippen LogP) is -0.469. The molecule has 2 aromatic heterocycles. The lowest BCUT2D eigenvalue weighted by molar-refractivity contribution is -0.138. The van der Waals surface area contributed by atoms with Crippen LogP contribution in [0.1, 0.15) is 30.5 Å². The van der Waals surface area contributed by atoms with Gasteiger partial charge in [-0.2, -0.15) is 0 Å². The van der Waals surface area contributed by atoms with E-state index in [1.807, 2.05) is 0 Å². The maximum absolute atomic E-state index is 11.9. The largest absolute Gasteiger partial charge is 0.480 e. The van der Waals surface area contributed by atoms with Gasteiger partial charge in [0.25, 0.3) is 0 Å². The molecule has 1 amide bonds.